The van der Waals surface area contributed by atoms with E-state index in [0.29, 0.717) is 37.5 Å². The zero-order valence-electron chi connectivity index (χ0n) is 60.0. The van der Waals surface area contributed by atoms with Crippen molar-refractivity contribution in [1.29, 1.82) is 0 Å². The van der Waals surface area contributed by atoms with E-state index in [1.54, 1.807) is 0 Å². The molecule has 92 heavy (non-hydrogen) atoms. The highest BCUT2D eigenvalue weighted by Crippen LogP contribution is 2.45. The van der Waals surface area contributed by atoms with E-state index in [1.807, 2.05) is 0 Å². The molecule has 0 radical (unpaired) electrons. The van der Waals surface area contributed by atoms with Gasteiger partial charge in [0.15, 0.2) is 12.2 Å². The van der Waals surface area contributed by atoms with Crippen LogP contribution in [0.2, 0.25) is 0 Å². The molecule has 546 valence electrons. The van der Waals surface area contributed by atoms with Crippen molar-refractivity contribution in [1.82, 2.24) is 0 Å². The number of aliphatic hydroxyl groups is 1. The number of carbonyl (C=O) groups is 4. The standard InChI is InChI=1S/C73H142O17P2/c1-8-10-11-12-13-14-15-16-17-18-19-20-21-22-23-24-25-34-42-49-56-72(77)89-68(60-83-70(75)54-47-40-33-27-26-32-39-46-53-66(7)9-2)62-87-91(79,80)85-58-67(74)59-86-92(81,82)88-63-69(90-73(78)57-50-43-36-29-31-38-45-52-65(5)6)61-84-71(76)55-48-41-35-28-30-37-44-51-64(3)4/h64-69,74H,8-63H2,1-7H3,(H,79,80)(H,81,82)/t66?,67-,68-,69-/m1/s1. The van der Waals surface area contributed by atoms with Crippen LogP contribution in [0.1, 0.15) is 370 Å². The van der Waals surface area contributed by atoms with Gasteiger partial charge >= 0.3 is 39.5 Å². The molecule has 3 unspecified atom stereocenters. The Morgan fingerprint density at radius 3 is 0.826 bits per heavy atom. The molecule has 0 saturated heterocycles. The van der Waals surface area contributed by atoms with E-state index in [9.17, 15) is 43.2 Å². The summed E-state index contributed by atoms with van der Waals surface area (Å²) in [5.41, 5.74) is 0. The molecule has 3 N–H and O–H groups in total. The van der Waals surface area contributed by atoms with Gasteiger partial charge in [0.05, 0.1) is 26.4 Å². The number of phosphoric acid groups is 2. The van der Waals surface area contributed by atoms with Gasteiger partial charge in [0.1, 0.15) is 19.3 Å². The average Bonchev–Trinajstić information content (AvgIpc) is 3.56. The molecule has 0 aromatic heterocycles. The highest BCUT2D eigenvalue weighted by Gasteiger charge is 2.30. The predicted octanol–water partition coefficient (Wildman–Crippen LogP) is 21.0. The quantitative estimate of drug-likeness (QED) is 0.0222. The lowest BCUT2D eigenvalue weighted by Gasteiger charge is -2.21. The van der Waals surface area contributed by atoms with E-state index < -0.39 is 97.5 Å². The van der Waals surface area contributed by atoms with Crippen molar-refractivity contribution in [2.75, 3.05) is 39.6 Å². The first-order valence-electron chi connectivity index (χ1n) is 37.9. The van der Waals surface area contributed by atoms with Crippen LogP contribution in [-0.4, -0.2) is 96.7 Å². The SMILES string of the molecule is CCCCCCCCCCCCCCCCCCCCCCC(=O)O[C@H](COC(=O)CCCCCCCCCCC(C)CC)COP(=O)(O)OC[C@@H](O)COP(=O)(O)OC[C@@H](COC(=O)CCCCCCCCCC(C)C)OC(=O)CCCCCCCCCC(C)C. The molecule has 0 aliphatic carbocycles. The van der Waals surface area contributed by atoms with Gasteiger partial charge in [0.2, 0.25) is 0 Å². The van der Waals surface area contributed by atoms with E-state index in [0.717, 1.165) is 102 Å². The summed E-state index contributed by atoms with van der Waals surface area (Å²) in [4.78, 5) is 72.6. The van der Waals surface area contributed by atoms with Gasteiger partial charge in [-0.15, -0.1) is 0 Å². The number of esters is 4. The minimum absolute atomic E-state index is 0.102. The first-order valence-corrected chi connectivity index (χ1v) is 40.9. The summed E-state index contributed by atoms with van der Waals surface area (Å²) < 4.78 is 68.3. The summed E-state index contributed by atoms with van der Waals surface area (Å²) in [6.45, 7) is 11.7. The zero-order chi connectivity index (χ0) is 68.0. The molecule has 19 heteroatoms. The number of rotatable bonds is 71. The van der Waals surface area contributed by atoms with Crippen molar-refractivity contribution in [2.45, 2.75) is 388 Å². The summed E-state index contributed by atoms with van der Waals surface area (Å²) in [6.07, 6.45) is 48.9. The van der Waals surface area contributed by atoms with Crippen LogP contribution in [0.25, 0.3) is 0 Å². The first kappa shape index (κ1) is 90.1. The lowest BCUT2D eigenvalue weighted by Crippen LogP contribution is -2.30. The van der Waals surface area contributed by atoms with Crippen LogP contribution in [0.3, 0.4) is 0 Å². The molecule has 0 heterocycles. The number of hydrogen-bond acceptors (Lipinski definition) is 15. The Hall–Kier alpha value is -1.94. The van der Waals surface area contributed by atoms with Crippen molar-refractivity contribution in [3.8, 4) is 0 Å². The van der Waals surface area contributed by atoms with Crippen molar-refractivity contribution >= 4 is 39.5 Å². The molecular formula is C73H142O17P2. The maximum absolute atomic E-state index is 13.0. The molecule has 0 fully saturated rings. The van der Waals surface area contributed by atoms with Crippen LogP contribution in [0.5, 0.6) is 0 Å². The van der Waals surface area contributed by atoms with E-state index in [4.69, 9.17) is 37.0 Å². The lowest BCUT2D eigenvalue weighted by molar-refractivity contribution is -0.161. The molecule has 0 rings (SSSR count). The summed E-state index contributed by atoms with van der Waals surface area (Å²) >= 11 is 0. The van der Waals surface area contributed by atoms with Crippen LogP contribution in [0.15, 0.2) is 0 Å². The second-order valence-electron chi connectivity index (χ2n) is 27.5. The maximum atomic E-state index is 13.0. The Morgan fingerprint density at radius 1 is 0.315 bits per heavy atom. The number of ether oxygens (including phenoxy) is 4. The second-order valence-corrected chi connectivity index (χ2v) is 30.4. The smallest absolute Gasteiger partial charge is 0.462 e. The van der Waals surface area contributed by atoms with E-state index in [1.165, 1.54) is 173 Å². The highest BCUT2D eigenvalue weighted by molar-refractivity contribution is 7.47. The van der Waals surface area contributed by atoms with Crippen LogP contribution >= 0.6 is 15.6 Å². The lowest BCUT2D eigenvalue weighted by atomic mass is 9.99. The number of carbonyl (C=O) groups excluding carboxylic acids is 4. The van der Waals surface area contributed by atoms with Gasteiger partial charge in [-0.2, -0.15) is 0 Å². The van der Waals surface area contributed by atoms with Gasteiger partial charge < -0.3 is 33.8 Å². The summed E-state index contributed by atoms with van der Waals surface area (Å²) in [5, 5.41) is 10.6. The van der Waals surface area contributed by atoms with Crippen LogP contribution in [0.4, 0.5) is 0 Å². The molecule has 17 nitrogen and oxygen atoms in total. The summed E-state index contributed by atoms with van der Waals surface area (Å²) in [5.74, 6) is 0.0509. The molecule has 0 aromatic carbocycles. The fourth-order valence-corrected chi connectivity index (χ4v) is 12.6. The highest BCUT2D eigenvalue weighted by atomic mass is 31.2. The van der Waals surface area contributed by atoms with Crippen LogP contribution in [0, 0.1) is 17.8 Å². The Labute approximate surface area is 562 Å². The van der Waals surface area contributed by atoms with Gasteiger partial charge in [0, 0.05) is 25.7 Å². The van der Waals surface area contributed by atoms with Crippen molar-refractivity contribution < 1.29 is 80.2 Å². The molecule has 0 bridgehead atoms. The van der Waals surface area contributed by atoms with Crippen molar-refractivity contribution in [2.24, 2.45) is 17.8 Å². The van der Waals surface area contributed by atoms with Crippen LogP contribution in [-0.2, 0) is 65.4 Å². The number of hydrogen-bond donors (Lipinski definition) is 3. The Morgan fingerprint density at radius 2 is 0.554 bits per heavy atom. The van der Waals surface area contributed by atoms with E-state index >= 15 is 0 Å². The van der Waals surface area contributed by atoms with Gasteiger partial charge in [0.25, 0.3) is 0 Å². The van der Waals surface area contributed by atoms with Crippen molar-refractivity contribution in [3.63, 3.8) is 0 Å². The fourth-order valence-electron chi connectivity index (χ4n) is 11.0. The molecule has 0 aliphatic rings. The Kier molecular flexibility index (Phi) is 62.4. The Bertz CT molecular complexity index is 1800. The molecule has 6 atom stereocenters. The third-order valence-electron chi connectivity index (χ3n) is 17.2. The molecule has 0 amide bonds. The number of unbranched alkanes of at least 4 members (excludes halogenated alkanes) is 38. The van der Waals surface area contributed by atoms with Gasteiger partial charge in [-0.25, -0.2) is 9.13 Å². The minimum atomic E-state index is -4.95. The van der Waals surface area contributed by atoms with E-state index in [2.05, 4.69) is 48.5 Å². The van der Waals surface area contributed by atoms with Crippen molar-refractivity contribution in [3.05, 3.63) is 0 Å². The monoisotopic (exact) mass is 1350 g/mol. The largest absolute Gasteiger partial charge is 0.472 e. The fraction of sp³-hybridized carbons (Fsp3) is 0.945. The average molecular weight is 1350 g/mol. The molecular weight excluding hydrogens is 1210 g/mol. The molecule has 0 spiro atoms. The number of phosphoric ester groups is 2. The van der Waals surface area contributed by atoms with Gasteiger partial charge in [-0.3, -0.25) is 37.3 Å². The van der Waals surface area contributed by atoms with Crippen LogP contribution < -0.4 is 0 Å². The van der Waals surface area contributed by atoms with E-state index in [-0.39, 0.29) is 25.7 Å². The summed E-state index contributed by atoms with van der Waals surface area (Å²) in [7, 11) is -9.90. The maximum Gasteiger partial charge on any atom is 0.472 e. The third-order valence-corrected chi connectivity index (χ3v) is 19.1. The summed E-state index contributed by atoms with van der Waals surface area (Å²) in [6, 6.07) is 0. The second kappa shape index (κ2) is 63.8. The topological polar surface area (TPSA) is 237 Å². The Balaban J connectivity index is 5.20. The molecule has 0 aliphatic heterocycles. The zero-order valence-corrected chi connectivity index (χ0v) is 61.8. The predicted molar refractivity (Wildman–Crippen MR) is 372 cm³/mol. The third kappa shape index (κ3) is 65.4. The number of aliphatic hydroxyl groups excluding tert-OH is 1. The van der Waals surface area contributed by atoms with Gasteiger partial charge in [-0.1, -0.05) is 318 Å². The van der Waals surface area contributed by atoms with Gasteiger partial charge in [-0.05, 0) is 43.4 Å². The normalized spacial score (nSPS) is 14.4. The molecule has 0 saturated carbocycles. The minimum Gasteiger partial charge on any atom is -0.462 e. The first-order chi connectivity index (χ1) is 44.3. The molecule has 0 aromatic rings.